The number of H-pyrrole nitrogens is 1. The lowest BCUT2D eigenvalue weighted by Gasteiger charge is -2.29. The first-order valence-electron chi connectivity index (χ1n) is 20.0. The Hall–Kier alpha value is -6.32. The van der Waals surface area contributed by atoms with Gasteiger partial charge in [0, 0.05) is 43.2 Å². The quantitative estimate of drug-likeness (QED) is 0.0884. The normalized spacial score (nSPS) is 16.2. The van der Waals surface area contributed by atoms with Gasteiger partial charge in [-0.3, -0.25) is 9.59 Å². The van der Waals surface area contributed by atoms with E-state index >= 15 is 0 Å². The van der Waals surface area contributed by atoms with Crippen LogP contribution in [-0.4, -0.2) is 84.5 Å². The first-order valence-corrected chi connectivity index (χ1v) is 20.0. The Kier molecular flexibility index (Phi) is 13.3. The highest BCUT2D eigenvalue weighted by Crippen LogP contribution is 2.29. The predicted molar refractivity (Wildman–Crippen MR) is 223 cm³/mol. The SMILES string of the molecule is CC(C)(C)OC(=O)NCCn1cnc2cc(-c3ccc(C[C@H](NC(=O)[C@H]4CC[C@H](CNC(=O)OC(C)(C)C)CC4)C(=O)Nc4ccc(-c5nn[nH]n5)cc4)cc3)ccc21. The van der Waals surface area contributed by atoms with Gasteiger partial charge in [0.05, 0.1) is 17.4 Å². The molecular formula is C43H54N10O6. The Bertz CT molecular complexity index is 2200. The lowest BCUT2D eigenvalue weighted by molar-refractivity contribution is -0.130. The first-order chi connectivity index (χ1) is 28.1. The monoisotopic (exact) mass is 806 g/mol. The second-order valence-corrected chi connectivity index (χ2v) is 16.9. The molecule has 0 bridgehead atoms. The molecule has 5 N–H and O–H groups in total. The van der Waals surface area contributed by atoms with Crippen LogP contribution in [0.1, 0.15) is 72.8 Å². The number of ether oxygens (including phenoxy) is 2. The van der Waals surface area contributed by atoms with E-state index in [-0.39, 0.29) is 30.1 Å². The molecule has 2 aromatic heterocycles. The minimum atomic E-state index is -0.845. The van der Waals surface area contributed by atoms with Crippen LogP contribution in [0.2, 0.25) is 0 Å². The molecule has 1 aliphatic rings. The van der Waals surface area contributed by atoms with E-state index in [4.69, 9.17) is 9.47 Å². The zero-order valence-electron chi connectivity index (χ0n) is 34.5. The predicted octanol–water partition coefficient (Wildman–Crippen LogP) is 6.41. The number of aromatic amines is 1. The third-order valence-electron chi connectivity index (χ3n) is 9.91. The summed E-state index contributed by atoms with van der Waals surface area (Å²) in [6.07, 6.45) is 3.98. The van der Waals surface area contributed by atoms with Crippen LogP contribution in [0.25, 0.3) is 33.5 Å². The molecule has 0 radical (unpaired) electrons. The number of imidazole rings is 1. The molecule has 1 fully saturated rings. The number of tetrazole rings is 1. The number of carbonyl (C=O) groups excluding carboxylic acids is 4. The van der Waals surface area contributed by atoms with Gasteiger partial charge >= 0.3 is 12.2 Å². The first kappa shape index (κ1) is 42.3. The number of fused-ring (bicyclic) bond motifs is 1. The van der Waals surface area contributed by atoms with E-state index in [1.54, 1.807) is 30.6 Å². The summed E-state index contributed by atoms with van der Waals surface area (Å²) in [6, 6.07) is 20.2. The maximum atomic E-state index is 13.9. The van der Waals surface area contributed by atoms with Crippen LogP contribution in [0.3, 0.4) is 0 Å². The number of rotatable bonds is 13. The molecule has 16 nitrogen and oxygen atoms in total. The van der Waals surface area contributed by atoms with Crippen molar-refractivity contribution in [3.05, 3.63) is 78.6 Å². The molecule has 16 heteroatoms. The van der Waals surface area contributed by atoms with Gasteiger partial charge in [0.15, 0.2) is 0 Å². The molecule has 6 rings (SSSR count). The van der Waals surface area contributed by atoms with Crippen LogP contribution in [0.15, 0.2) is 73.1 Å². The summed E-state index contributed by atoms with van der Waals surface area (Å²) in [5, 5.41) is 25.7. The number of carbonyl (C=O) groups is 4. The topological polar surface area (TPSA) is 207 Å². The van der Waals surface area contributed by atoms with Gasteiger partial charge in [0.2, 0.25) is 17.6 Å². The average Bonchev–Trinajstić information content (AvgIpc) is 3.87. The maximum absolute atomic E-state index is 13.9. The van der Waals surface area contributed by atoms with Crippen molar-refractivity contribution in [3.63, 3.8) is 0 Å². The Balaban J connectivity index is 1.09. The van der Waals surface area contributed by atoms with Gasteiger partial charge in [-0.1, -0.05) is 30.3 Å². The molecule has 1 saturated carbocycles. The van der Waals surface area contributed by atoms with Gasteiger partial charge in [0.1, 0.15) is 17.2 Å². The number of nitrogens with one attached hydrogen (secondary N) is 5. The minimum Gasteiger partial charge on any atom is -0.444 e. The fourth-order valence-corrected chi connectivity index (χ4v) is 6.97. The maximum Gasteiger partial charge on any atom is 0.407 e. The zero-order valence-corrected chi connectivity index (χ0v) is 34.5. The number of benzene rings is 3. The van der Waals surface area contributed by atoms with Gasteiger partial charge < -0.3 is 35.3 Å². The highest BCUT2D eigenvalue weighted by atomic mass is 16.6. The molecule has 0 spiro atoms. The van der Waals surface area contributed by atoms with E-state index in [0.717, 1.165) is 46.1 Å². The summed E-state index contributed by atoms with van der Waals surface area (Å²) in [6.45, 7) is 12.4. The van der Waals surface area contributed by atoms with Crippen LogP contribution in [0.5, 0.6) is 0 Å². The summed E-state index contributed by atoms with van der Waals surface area (Å²) in [4.78, 5) is 56.4. The molecule has 3 aromatic carbocycles. The van der Waals surface area contributed by atoms with E-state index in [0.29, 0.717) is 44.0 Å². The molecule has 312 valence electrons. The zero-order chi connectivity index (χ0) is 42.2. The Morgan fingerprint density at radius 1 is 0.814 bits per heavy atom. The molecule has 0 unspecified atom stereocenters. The van der Waals surface area contributed by atoms with E-state index in [1.165, 1.54) is 0 Å². The highest BCUT2D eigenvalue weighted by Gasteiger charge is 2.30. The van der Waals surface area contributed by atoms with Gasteiger partial charge in [-0.2, -0.15) is 5.21 Å². The summed E-state index contributed by atoms with van der Waals surface area (Å²) >= 11 is 0. The van der Waals surface area contributed by atoms with Crippen molar-refractivity contribution in [2.75, 3.05) is 18.4 Å². The molecule has 4 amide bonds. The second-order valence-electron chi connectivity index (χ2n) is 16.9. The molecule has 5 aromatic rings. The smallest absolute Gasteiger partial charge is 0.407 e. The van der Waals surface area contributed by atoms with Crippen LogP contribution in [-0.2, 0) is 32.0 Å². The Morgan fingerprint density at radius 3 is 2.10 bits per heavy atom. The van der Waals surface area contributed by atoms with Crippen molar-refractivity contribution in [1.82, 2.24) is 46.1 Å². The van der Waals surface area contributed by atoms with Crippen molar-refractivity contribution in [2.45, 2.75) is 97.4 Å². The van der Waals surface area contributed by atoms with Crippen LogP contribution >= 0.6 is 0 Å². The van der Waals surface area contributed by atoms with Gasteiger partial charge in [-0.25, -0.2) is 14.6 Å². The van der Waals surface area contributed by atoms with Crippen molar-refractivity contribution < 1.29 is 28.7 Å². The minimum absolute atomic E-state index is 0.166. The molecular weight excluding hydrogens is 753 g/mol. The van der Waals surface area contributed by atoms with Crippen molar-refractivity contribution >= 4 is 40.7 Å². The molecule has 1 atom stereocenters. The van der Waals surface area contributed by atoms with Crippen LogP contribution in [0.4, 0.5) is 15.3 Å². The highest BCUT2D eigenvalue weighted by molar-refractivity contribution is 5.98. The van der Waals surface area contributed by atoms with Gasteiger partial charge in [-0.15, -0.1) is 10.2 Å². The molecule has 0 saturated heterocycles. The fraction of sp³-hybridized carbons (Fsp3) is 0.442. The van der Waals surface area contributed by atoms with E-state index in [1.807, 2.05) is 88.6 Å². The van der Waals surface area contributed by atoms with Gasteiger partial charge in [-0.05, 0) is 131 Å². The fourth-order valence-electron chi connectivity index (χ4n) is 6.97. The van der Waals surface area contributed by atoms with Crippen molar-refractivity contribution in [2.24, 2.45) is 11.8 Å². The average molecular weight is 807 g/mol. The summed E-state index contributed by atoms with van der Waals surface area (Å²) in [5.41, 5.74) is 4.75. The number of aromatic nitrogens is 6. The molecule has 0 aliphatic heterocycles. The summed E-state index contributed by atoms with van der Waals surface area (Å²) in [7, 11) is 0. The lowest BCUT2D eigenvalue weighted by atomic mass is 9.81. The van der Waals surface area contributed by atoms with Crippen LogP contribution in [0, 0.1) is 11.8 Å². The second kappa shape index (κ2) is 18.5. The summed E-state index contributed by atoms with van der Waals surface area (Å²) < 4.78 is 12.7. The third kappa shape index (κ3) is 12.3. The van der Waals surface area contributed by atoms with E-state index in [9.17, 15) is 19.2 Å². The number of alkyl carbamates (subject to hydrolysis) is 2. The van der Waals surface area contributed by atoms with Crippen molar-refractivity contribution in [3.8, 4) is 22.5 Å². The number of hydrogen-bond donors (Lipinski definition) is 5. The van der Waals surface area contributed by atoms with E-state index in [2.05, 4.69) is 46.9 Å². The molecule has 59 heavy (non-hydrogen) atoms. The Labute approximate surface area is 343 Å². The Morgan fingerprint density at radius 2 is 1.46 bits per heavy atom. The molecule has 2 heterocycles. The van der Waals surface area contributed by atoms with Crippen molar-refractivity contribution in [1.29, 1.82) is 0 Å². The third-order valence-corrected chi connectivity index (χ3v) is 9.91. The number of amides is 4. The lowest BCUT2D eigenvalue weighted by Crippen LogP contribution is -2.48. The van der Waals surface area contributed by atoms with Crippen LogP contribution < -0.4 is 21.3 Å². The number of anilines is 1. The molecule has 1 aliphatic carbocycles. The standard InChI is InChI=1S/C43H54N10O6/c1-42(2,3)58-40(56)44-21-22-53-26-46-34-24-32(17-20-36(34)53)29-11-7-27(8-12-29)23-35(39(55)47-33-18-15-30(16-19-33)37-49-51-52-50-37)48-38(54)31-13-9-28(10-14-31)25-45-41(57)59-43(4,5)6/h7-8,11-12,15-20,24,26,28,31,35H,9-10,13-14,21-23,25H2,1-6H3,(H,44,56)(H,45,57)(H,47,55)(H,48,54)(H,49,50,51,52)/t28-,31-,35-/m0/s1. The number of nitrogens with zero attached hydrogens (tertiary/aromatic N) is 5. The number of hydrogen-bond acceptors (Lipinski definition) is 10. The summed E-state index contributed by atoms with van der Waals surface area (Å²) in [5.74, 6) is -0.0806. The largest absolute Gasteiger partial charge is 0.444 e. The van der Waals surface area contributed by atoms with E-state index < -0.39 is 29.4 Å². The van der Waals surface area contributed by atoms with Gasteiger partial charge in [0.25, 0.3) is 0 Å².